The summed E-state index contributed by atoms with van der Waals surface area (Å²) in [5.41, 5.74) is 5.82. The average molecular weight is 458 g/mol. The molecule has 0 saturated carbocycles. The van der Waals surface area contributed by atoms with Crippen molar-refractivity contribution < 1.29 is 8.42 Å². The highest BCUT2D eigenvalue weighted by atomic mass is 127. The summed E-state index contributed by atoms with van der Waals surface area (Å²) in [6.07, 6.45) is 3.89. The smallest absolute Gasteiger partial charge is 0.211 e. The Morgan fingerprint density at radius 3 is 3.00 bits per heavy atom. The van der Waals surface area contributed by atoms with Crippen LogP contribution in [0.15, 0.2) is 22.5 Å². The fourth-order valence-corrected chi connectivity index (χ4v) is 4.34. The van der Waals surface area contributed by atoms with Crippen molar-refractivity contribution in [2.75, 3.05) is 25.9 Å². The summed E-state index contributed by atoms with van der Waals surface area (Å²) in [7, 11) is -3.14. The molecule has 3 N–H and O–H groups in total. The number of nitrogens with one attached hydrogen (secondary N) is 1. The van der Waals surface area contributed by atoms with Gasteiger partial charge in [0, 0.05) is 24.0 Å². The molecule has 1 aliphatic heterocycles. The third kappa shape index (κ3) is 6.01. The molecule has 9 heteroatoms. The van der Waals surface area contributed by atoms with Crippen molar-refractivity contribution in [2.24, 2.45) is 10.7 Å². The zero-order chi connectivity index (χ0) is 15.3. The highest BCUT2D eigenvalue weighted by molar-refractivity contribution is 14.0. The van der Waals surface area contributed by atoms with E-state index in [-0.39, 0.29) is 30.0 Å². The maximum Gasteiger partial charge on any atom is 0.211 e. The molecular weight excluding hydrogens is 435 g/mol. The predicted molar refractivity (Wildman–Crippen MR) is 103 cm³/mol. The highest BCUT2D eigenvalue weighted by Crippen LogP contribution is 2.20. The van der Waals surface area contributed by atoms with Crippen LogP contribution in [0, 0.1) is 0 Å². The van der Waals surface area contributed by atoms with Gasteiger partial charge in [-0.15, -0.1) is 35.3 Å². The molecule has 1 aliphatic rings. The van der Waals surface area contributed by atoms with Crippen LogP contribution in [0.1, 0.15) is 17.7 Å². The fraction of sp³-hybridized carbons (Fsp3) is 0.615. The predicted octanol–water partition coefficient (Wildman–Crippen LogP) is 1.24. The van der Waals surface area contributed by atoms with Crippen LogP contribution in [-0.4, -0.2) is 50.6 Å². The lowest BCUT2D eigenvalue weighted by Gasteiger charge is -2.20. The molecule has 1 aromatic heterocycles. The van der Waals surface area contributed by atoms with Gasteiger partial charge in [-0.25, -0.2) is 8.42 Å². The SMILES string of the molecule is CS(=O)(=O)N1CCC[C@@H]1CN=C(N)NCCc1cccs1.I. The number of halogens is 1. The Balaban J connectivity index is 0.00000242. The van der Waals surface area contributed by atoms with Gasteiger partial charge in [-0.05, 0) is 30.7 Å². The van der Waals surface area contributed by atoms with Crippen LogP contribution in [0.3, 0.4) is 0 Å². The van der Waals surface area contributed by atoms with E-state index in [1.54, 1.807) is 11.3 Å². The summed E-state index contributed by atoms with van der Waals surface area (Å²) in [5.74, 6) is 0.381. The van der Waals surface area contributed by atoms with E-state index in [4.69, 9.17) is 5.73 Å². The number of hydrogen-bond donors (Lipinski definition) is 2. The van der Waals surface area contributed by atoms with Crippen molar-refractivity contribution in [2.45, 2.75) is 25.3 Å². The molecule has 2 rings (SSSR count). The second-order valence-corrected chi connectivity index (χ2v) is 8.12. The van der Waals surface area contributed by atoms with Gasteiger partial charge in [0.1, 0.15) is 0 Å². The van der Waals surface area contributed by atoms with E-state index in [2.05, 4.69) is 16.4 Å². The fourth-order valence-electron chi connectivity index (χ4n) is 2.46. The van der Waals surface area contributed by atoms with E-state index < -0.39 is 10.0 Å². The first-order chi connectivity index (χ1) is 9.97. The first kappa shape index (κ1) is 19.7. The molecule has 0 spiro atoms. The Bertz CT molecular complexity index is 575. The molecule has 1 fully saturated rings. The second-order valence-electron chi connectivity index (χ2n) is 5.15. The van der Waals surface area contributed by atoms with Crippen molar-refractivity contribution in [3.63, 3.8) is 0 Å². The van der Waals surface area contributed by atoms with Gasteiger partial charge in [-0.3, -0.25) is 4.99 Å². The molecule has 6 nitrogen and oxygen atoms in total. The minimum atomic E-state index is -3.14. The molecule has 22 heavy (non-hydrogen) atoms. The van der Waals surface area contributed by atoms with Gasteiger partial charge < -0.3 is 11.1 Å². The lowest BCUT2D eigenvalue weighted by molar-refractivity contribution is 0.397. The monoisotopic (exact) mass is 458 g/mol. The molecule has 0 aliphatic carbocycles. The number of hydrogen-bond acceptors (Lipinski definition) is 4. The van der Waals surface area contributed by atoms with E-state index in [0.717, 1.165) is 25.8 Å². The largest absolute Gasteiger partial charge is 0.370 e. The molecular formula is C13H23IN4O2S2. The van der Waals surface area contributed by atoms with Gasteiger partial charge in [0.15, 0.2) is 5.96 Å². The van der Waals surface area contributed by atoms with Gasteiger partial charge in [-0.1, -0.05) is 6.07 Å². The first-order valence-corrected chi connectivity index (χ1v) is 9.72. The van der Waals surface area contributed by atoms with Crippen molar-refractivity contribution in [1.82, 2.24) is 9.62 Å². The standard InChI is InChI=1S/C13H22N4O2S2.HI/c1-21(18,19)17-8-2-4-11(17)10-16-13(14)15-7-6-12-5-3-9-20-12;/h3,5,9,11H,2,4,6-8,10H2,1H3,(H3,14,15,16);1H/t11-;/m1./s1. The maximum atomic E-state index is 11.6. The van der Waals surface area contributed by atoms with Gasteiger partial charge in [0.05, 0.1) is 12.8 Å². The third-order valence-electron chi connectivity index (χ3n) is 3.48. The number of rotatable bonds is 6. The summed E-state index contributed by atoms with van der Waals surface area (Å²) in [4.78, 5) is 5.57. The molecule has 1 atom stereocenters. The van der Waals surface area contributed by atoms with Crippen LogP contribution in [0.2, 0.25) is 0 Å². The van der Waals surface area contributed by atoms with Gasteiger partial charge in [0.25, 0.3) is 0 Å². The van der Waals surface area contributed by atoms with Crippen LogP contribution in [0.4, 0.5) is 0 Å². The molecule has 0 bridgehead atoms. The Morgan fingerprint density at radius 1 is 1.59 bits per heavy atom. The summed E-state index contributed by atoms with van der Waals surface area (Å²) < 4.78 is 24.8. The lowest BCUT2D eigenvalue weighted by atomic mass is 10.2. The third-order valence-corrected chi connectivity index (χ3v) is 5.75. The Kier molecular flexibility index (Phi) is 8.08. The van der Waals surface area contributed by atoms with E-state index in [9.17, 15) is 8.42 Å². The van der Waals surface area contributed by atoms with Crippen LogP contribution < -0.4 is 11.1 Å². The summed E-state index contributed by atoms with van der Waals surface area (Å²) in [5, 5.41) is 5.11. The normalized spacial score (nSPS) is 19.9. The van der Waals surface area contributed by atoms with Crippen LogP contribution in [0.25, 0.3) is 0 Å². The Hall–Kier alpha value is -0.390. The highest BCUT2D eigenvalue weighted by Gasteiger charge is 2.30. The van der Waals surface area contributed by atoms with Crippen molar-refractivity contribution in [3.05, 3.63) is 22.4 Å². The molecule has 0 aromatic carbocycles. The molecule has 0 unspecified atom stereocenters. The number of aliphatic imine (C=N–C) groups is 1. The number of thiophene rings is 1. The molecule has 1 aromatic rings. The number of sulfonamides is 1. The Labute approximate surface area is 153 Å². The van der Waals surface area contributed by atoms with Crippen LogP contribution in [0.5, 0.6) is 0 Å². The Morgan fingerprint density at radius 2 is 2.36 bits per heavy atom. The van der Waals surface area contributed by atoms with Gasteiger partial charge in [0.2, 0.25) is 10.0 Å². The second kappa shape index (κ2) is 9.04. The molecule has 1 saturated heterocycles. The minimum absolute atomic E-state index is 0. The minimum Gasteiger partial charge on any atom is -0.370 e. The molecule has 0 amide bonds. The van der Waals surface area contributed by atoms with E-state index in [1.807, 2.05) is 11.4 Å². The average Bonchev–Trinajstić information content (AvgIpc) is 3.06. The van der Waals surface area contributed by atoms with E-state index >= 15 is 0 Å². The van der Waals surface area contributed by atoms with Crippen molar-refractivity contribution in [1.29, 1.82) is 0 Å². The molecule has 126 valence electrons. The number of nitrogens with zero attached hydrogens (tertiary/aromatic N) is 2. The molecule has 0 radical (unpaired) electrons. The summed E-state index contributed by atoms with van der Waals surface area (Å²) in [6, 6.07) is 4.05. The van der Waals surface area contributed by atoms with Crippen molar-refractivity contribution in [3.8, 4) is 0 Å². The lowest BCUT2D eigenvalue weighted by Crippen LogP contribution is -2.38. The first-order valence-electron chi connectivity index (χ1n) is 7.00. The maximum absolute atomic E-state index is 11.6. The number of nitrogens with two attached hydrogens (primary N) is 1. The summed E-state index contributed by atoms with van der Waals surface area (Å²) in [6.45, 7) is 1.74. The van der Waals surface area contributed by atoms with Crippen molar-refractivity contribution >= 4 is 51.3 Å². The quantitative estimate of drug-likeness (QED) is 0.382. The van der Waals surface area contributed by atoms with E-state index in [1.165, 1.54) is 15.4 Å². The van der Waals surface area contributed by atoms with Crippen LogP contribution in [-0.2, 0) is 16.4 Å². The zero-order valence-corrected chi connectivity index (χ0v) is 16.5. The van der Waals surface area contributed by atoms with Gasteiger partial charge in [-0.2, -0.15) is 4.31 Å². The van der Waals surface area contributed by atoms with Gasteiger partial charge >= 0.3 is 0 Å². The number of guanidine groups is 1. The zero-order valence-electron chi connectivity index (χ0n) is 12.6. The molecule has 2 heterocycles. The van der Waals surface area contributed by atoms with Crippen LogP contribution >= 0.6 is 35.3 Å². The topological polar surface area (TPSA) is 87.8 Å². The van der Waals surface area contributed by atoms with E-state index in [0.29, 0.717) is 19.0 Å². The summed E-state index contributed by atoms with van der Waals surface area (Å²) >= 11 is 1.72.